The summed E-state index contributed by atoms with van der Waals surface area (Å²) in [5.74, 6) is -0.161. The number of quaternary nitrogens is 1. The molecule has 1 amide bonds. The maximum atomic E-state index is 12.9. The zero-order chi connectivity index (χ0) is 38.6. The molecule has 52 heavy (non-hydrogen) atoms. The lowest BCUT2D eigenvalue weighted by Crippen LogP contribution is -2.46. The van der Waals surface area contributed by atoms with Gasteiger partial charge in [0.2, 0.25) is 5.91 Å². The van der Waals surface area contributed by atoms with E-state index in [1.165, 1.54) is 154 Å². The van der Waals surface area contributed by atoms with Crippen LogP contribution in [0, 0.1) is 0 Å². The topological polar surface area (TPSA) is 108 Å². The summed E-state index contributed by atoms with van der Waals surface area (Å²) in [5, 5.41) is 13.9. The summed E-state index contributed by atoms with van der Waals surface area (Å²) in [4.78, 5) is 25.3. The molecule has 0 aromatic heterocycles. The lowest BCUT2D eigenvalue weighted by Gasteiger charge is -2.30. The number of amides is 1. The summed E-state index contributed by atoms with van der Waals surface area (Å²) in [7, 11) is 1.32. The predicted octanol–water partition coefficient (Wildman–Crippen LogP) is 11.6. The smallest absolute Gasteiger partial charge is 0.268 e. The lowest BCUT2D eigenvalue weighted by atomic mass is 10.0. The van der Waals surface area contributed by atoms with Gasteiger partial charge in [0.15, 0.2) is 0 Å². The maximum Gasteiger partial charge on any atom is 0.268 e. The number of nitrogens with one attached hydrogen (secondary N) is 1. The first-order chi connectivity index (χ1) is 25.0. The lowest BCUT2D eigenvalue weighted by molar-refractivity contribution is -0.870. The average Bonchev–Trinajstić information content (AvgIpc) is 3.09. The van der Waals surface area contributed by atoms with E-state index < -0.39 is 20.0 Å². The van der Waals surface area contributed by atoms with Gasteiger partial charge in [-0.2, -0.15) is 0 Å². The summed E-state index contributed by atoms with van der Waals surface area (Å²) in [6.45, 7) is 4.74. The molecule has 0 saturated carbocycles. The molecule has 0 aliphatic rings. The molecule has 2 N–H and O–H groups in total. The van der Waals surface area contributed by atoms with Crippen molar-refractivity contribution in [1.82, 2.24) is 5.32 Å². The fourth-order valence-corrected chi connectivity index (χ4v) is 7.47. The summed E-state index contributed by atoms with van der Waals surface area (Å²) in [6, 6.07) is -0.792. The number of phosphoric acid groups is 1. The molecular formula is C43H89N2O6P. The second kappa shape index (κ2) is 36.2. The van der Waals surface area contributed by atoms with Crippen molar-refractivity contribution in [2.24, 2.45) is 0 Å². The Morgan fingerprint density at radius 2 is 0.942 bits per heavy atom. The molecule has 0 fully saturated rings. The van der Waals surface area contributed by atoms with Crippen LogP contribution < -0.4 is 10.2 Å². The van der Waals surface area contributed by atoms with Crippen LogP contribution >= 0.6 is 7.82 Å². The normalized spacial score (nSPS) is 14.4. The van der Waals surface area contributed by atoms with Crippen LogP contribution in [-0.4, -0.2) is 68.5 Å². The number of nitrogens with zero attached hydrogens (tertiary/aromatic N) is 1. The number of hydrogen-bond acceptors (Lipinski definition) is 6. The third-order valence-electron chi connectivity index (χ3n) is 10.3. The summed E-state index contributed by atoms with van der Waals surface area (Å²) < 4.78 is 23.3. The quantitative estimate of drug-likeness (QED) is 0.0365. The van der Waals surface area contributed by atoms with Gasteiger partial charge in [-0.3, -0.25) is 9.36 Å². The highest BCUT2D eigenvalue weighted by Crippen LogP contribution is 2.38. The minimum absolute atomic E-state index is 0.0160. The second-order valence-corrected chi connectivity index (χ2v) is 18.2. The Kier molecular flexibility index (Phi) is 35.8. The molecule has 9 heteroatoms. The van der Waals surface area contributed by atoms with Crippen molar-refractivity contribution in [2.75, 3.05) is 40.9 Å². The first-order valence-electron chi connectivity index (χ1n) is 22.4. The summed E-state index contributed by atoms with van der Waals surface area (Å²) in [6.07, 6.45) is 38.1. The van der Waals surface area contributed by atoms with Crippen LogP contribution in [0.4, 0.5) is 0 Å². The highest BCUT2D eigenvalue weighted by atomic mass is 31.2. The molecule has 1 unspecified atom stereocenters. The van der Waals surface area contributed by atoms with Crippen LogP contribution in [0.1, 0.15) is 219 Å². The van der Waals surface area contributed by atoms with Crippen molar-refractivity contribution in [2.45, 2.75) is 231 Å². The molecule has 8 nitrogen and oxygen atoms in total. The second-order valence-electron chi connectivity index (χ2n) is 16.8. The average molecular weight is 761 g/mol. The number of carbonyl (C=O) groups excluding carboxylic acids is 1. The number of hydrogen-bond donors (Lipinski definition) is 2. The number of rotatable bonds is 41. The van der Waals surface area contributed by atoms with E-state index in [-0.39, 0.29) is 19.1 Å². The highest BCUT2D eigenvalue weighted by Gasteiger charge is 2.24. The zero-order valence-corrected chi connectivity index (χ0v) is 36.2. The maximum absolute atomic E-state index is 12.9. The van der Waals surface area contributed by atoms with Gasteiger partial charge in [0.05, 0.1) is 39.9 Å². The fourth-order valence-electron chi connectivity index (χ4n) is 6.75. The standard InChI is InChI=1S/C43H89N2O6P/c1-6-8-10-12-14-16-18-20-22-23-25-27-29-31-33-35-37-43(47)44-41(40-51-52(48,49)50-39-38-45(3,4)5)42(46)36-34-32-30-28-26-24-21-19-17-15-13-11-9-7-2/h41-42,46H,6-40H2,1-5H3,(H-,44,47,48,49)/t41-,42+/m0/s1. The molecule has 0 aliphatic heterocycles. The summed E-state index contributed by atoms with van der Waals surface area (Å²) in [5.41, 5.74) is 0. The van der Waals surface area contributed by atoms with Crippen LogP contribution in [0.15, 0.2) is 0 Å². The number of aliphatic hydroxyl groups is 1. The minimum atomic E-state index is -4.55. The molecule has 0 aromatic carbocycles. The van der Waals surface area contributed by atoms with E-state index in [0.29, 0.717) is 23.9 Å². The van der Waals surface area contributed by atoms with Crippen LogP contribution in [-0.2, 0) is 18.4 Å². The number of phosphoric ester groups is 1. The molecule has 0 bridgehead atoms. The van der Waals surface area contributed by atoms with Crippen LogP contribution in [0.5, 0.6) is 0 Å². The van der Waals surface area contributed by atoms with Crippen molar-refractivity contribution in [3.8, 4) is 0 Å². The Morgan fingerprint density at radius 1 is 0.596 bits per heavy atom. The van der Waals surface area contributed by atoms with Gasteiger partial charge in [-0.25, -0.2) is 0 Å². The zero-order valence-electron chi connectivity index (χ0n) is 35.3. The largest absolute Gasteiger partial charge is 0.756 e. The molecule has 0 rings (SSSR count). The van der Waals surface area contributed by atoms with Crippen LogP contribution in [0.3, 0.4) is 0 Å². The third kappa shape index (κ3) is 37.8. The van der Waals surface area contributed by atoms with E-state index in [1.807, 2.05) is 21.1 Å². The Hall–Kier alpha value is -0.500. The van der Waals surface area contributed by atoms with E-state index in [1.54, 1.807) is 0 Å². The van der Waals surface area contributed by atoms with Crippen molar-refractivity contribution in [3.05, 3.63) is 0 Å². The predicted molar refractivity (Wildman–Crippen MR) is 219 cm³/mol. The highest BCUT2D eigenvalue weighted by molar-refractivity contribution is 7.45. The molecule has 0 spiro atoms. The molecule has 3 atom stereocenters. The van der Waals surface area contributed by atoms with Gasteiger partial charge >= 0.3 is 0 Å². The van der Waals surface area contributed by atoms with Gasteiger partial charge in [-0.05, 0) is 12.8 Å². The molecular weight excluding hydrogens is 671 g/mol. The number of aliphatic hydroxyl groups excluding tert-OH is 1. The van der Waals surface area contributed by atoms with Gasteiger partial charge in [-0.1, -0.05) is 200 Å². The van der Waals surface area contributed by atoms with Crippen molar-refractivity contribution >= 4 is 13.7 Å². The van der Waals surface area contributed by atoms with Crippen molar-refractivity contribution in [3.63, 3.8) is 0 Å². The van der Waals surface area contributed by atoms with Gasteiger partial charge in [0, 0.05) is 6.42 Å². The Bertz CT molecular complexity index is 824. The number of unbranched alkanes of at least 4 members (excludes halogenated alkanes) is 28. The van der Waals surface area contributed by atoms with Gasteiger partial charge < -0.3 is 28.8 Å². The van der Waals surface area contributed by atoms with Gasteiger partial charge in [0.1, 0.15) is 13.2 Å². The van der Waals surface area contributed by atoms with E-state index in [4.69, 9.17) is 9.05 Å². The molecule has 312 valence electrons. The first-order valence-corrected chi connectivity index (χ1v) is 23.8. The molecule has 0 aromatic rings. The molecule has 0 heterocycles. The molecule has 0 radical (unpaired) electrons. The van der Waals surface area contributed by atoms with E-state index >= 15 is 0 Å². The molecule has 0 saturated heterocycles. The van der Waals surface area contributed by atoms with E-state index in [0.717, 1.165) is 38.5 Å². The monoisotopic (exact) mass is 761 g/mol. The minimum Gasteiger partial charge on any atom is -0.756 e. The van der Waals surface area contributed by atoms with Crippen molar-refractivity contribution < 1.29 is 32.9 Å². The first kappa shape index (κ1) is 51.5. The fraction of sp³-hybridized carbons (Fsp3) is 0.977. The third-order valence-corrected chi connectivity index (χ3v) is 11.3. The Balaban J connectivity index is 4.33. The van der Waals surface area contributed by atoms with Gasteiger partial charge in [0.25, 0.3) is 7.82 Å². The SMILES string of the molecule is CCCCCCCCCCCCCCCCCCC(=O)N[C@@H](COP(=O)([O-])OCC[N+](C)(C)C)[C@H](O)CCCCCCCCCCCCCCCC. The number of carbonyl (C=O) groups is 1. The Labute approximate surface area is 323 Å². The van der Waals surface area contributed by atoms with E-state index in [9.17, 15) is 19.4 Å². The van der Waals surface area contributed by atoms with E-state index in [2.05, 4.69) is 19.2 Å². The van der Waals surface area contributed by atoms with Crippen LogP contribution in [0.25, 0.3) is 0 Å². The van der Waals surface area contributed by atoms with Crippen LogP contribution in [0.2, 0.25) is 0 Å². The summed E-state index contributed by atoms with van der Waals surface area (Å²) >= 11 is 0. The molecule has 0 aliphatic carbocycles. The number of likely N-dealkylation sites (N-methyl/N-ethyl adjacent to an activating group) is 1. The van der Waals surface area contributed by atoms with Gasteiger partial charge in [-0.15, -0.1) is 0 Å². The van der Waals surface area contributed by atoms with Crippen molar-refractivity contribution in [1.29, 1.82) is 0 Å². The Morgan fingerprint density at radius 3 is 1.31 bits per heavy atom.